The highest BCUT2D eigenvalue weighted by molar-refractivity contribution is 7.17. The van der Waals surface area contributed by atoms with Gasteiger partial charge in [-0.15, -0.1) is 11.3 Å². The first-order chi connectivity index (χ1) is 12.7. The normalized spacial score (nSPS) is 15.5. The van der Waals surface area contributed by atoms with Gasteiger partial charge in [0.15, 0.2) is 0 Å². The predicted octanol–water partition coefficient (Wildman–Crippen LogP) is 3.72. The molecule has 0 amide bonds. The highest BCUT2D eigenvalue weighted by atomic mass is 32.1. The number of anilines is 1. The molecule has 1 fully saturated rings. The first kappa shape index (κ1) is 17.4. The van der Waals surface area contributed by atoms with Crippen molar-refractivity contribution in [2.75, 3.05) is 44.7 Å². The van der Waals surface area contributed by atoms with Crippen LogP contribution in [-0.2, 0) is 4.74 Å². The number of rotatable bonds is 5. The van der Waals surface area contributed by atoms with Crippen molar-refractivity contribution in [2.45, 2.75) is 13.8 Å². The topological polar surface area (TPSA) is 50.3 Å². The number of fused-ring (bicyclic) bond motifs is 1. The van der Waals surface area contributed by atoms with E-state index in [9.17, 15) is 0 Å². The van der Waals surface area contributed by atoms with Gasteiger partial charge in [0.2, 0.25) is 0 Å². The van der Waals surface area contributed by atoms with Gasteiger partial charge >= 0.3 is 0 Å². The number of nitrogens with zero attached hydrogens (tertiary/aromatic N) is 3. The van der Waals surface area contributed by atoms with Gasteiger partial charge in [0.25, 0.3) is 0 Å². The Balaban J connectivity index is 1.58. The average molecular weight is 369 g/mol. The summed E-state index contributed by atoms with van der Waals surface area (Å²) in [5.41, 5.74) is 5.06. The molecule has 0 bridgehead atoms. The molecule has 0 unspecified atom stereocenters. The molecular weight excluding hydrogens is 344 g/mol. The summed E-state index contributed by atoms with van der Waals surface area (Å²) in [4.78, 5) is 12.4. The SMILES string of the molecule is Cc1ccc(-c2csc3ncnc(NCCN4CCOCC4)c23)cc1C. The lowest BCUT2D eigenvalue weighted by Gasteiger charge is -2.26. The molecule has 1 aromatic carbocycles. The van der Waals surface area contributed by atoms with Gasteiger partial charge in [-0.3, -0.25) is 4.90 Å². The van der Waals surface area contributed by atoms with Crippen molar-refractivity contribution < 1.29 is 4.74 Å². The molecule has 0 aliphatic carbocycles. The van der Waals surface area contributed by atoms with Crippen LogP contribution in [0.25, 0.3) is 21.3 Å². The molecule has 1 aliphatic rings. The molecule has 6 heteroatoms. The number of aryl methyl sites for hydroxylation is 2. The maximum Gasteiger partial charge on any atom is 0.138 e. The smallest absolute Gasteiger partial charge is 0.138 e. The zero-order valence-corrected chi connectivity index (χ0v) is 16.1. The van der Waals surface area contributed by atoms with Crippen LogP contribution in [0.2, 0.25) is 0 Å². The van der Waals surface area contributed by atoms with E-state index in [1.54, 1.807) is 17.7 Å². The van der Waals surface area contributed by atoms with Crippen LogP contribution in [0.3, 0.4) is 0 Å². The second kappa shape index (κ2) is 7.70. The Kier molecular flexibility index (Phi) is 5.15. The Hall–Kier alpha value is -2.02. The molecule has 3 heterocycles. The molecule has 2 aromatic heterocycles. The lowest BCUT2D eigenvalue weighted by Crippen LogP contribution is -2.39. The number of hydrogen-bond donors (Lipinski definition) is 1. The fourth-order valence-electron chi connectivity index (χ4n) is 3.29. The molecule has 1 aliphatic heterocycles. The lowest BCUT2D eigenvalue weighted by molar-refractivity contribution is 0.0398. The molecule has 4 rings (SSSR count). The minimum atomic E-state index is 0.833. The van der Waals surface area contributed by atoms with Crippen molar-refractivity contribution in [3.63, 3.8) is 0 Å². The van der Waals surface area contributed by atoms with Crippen molar-refractivity contribution >= 4 is 27.4 Å². The Morgan fingerprint density at radius 2 is 2.00 bits per heavy atom. The summed E-state index contributed by atoms with van der Waals surface area (Å²) in [7, 11) is 0. The van der Waals surface area contributed by atoms with E-state index in [0.717, 1.165) is 55.4 Å². The van der Waals surface area contributed by atoms with Crippen molar-refractivity contribution in [1.29, 1.82) is 0 Å². The van der Waals surface area contributed by atoms with Crippen LogP contribution in [0.5, 0.6) is 0 Å². The first-order valence-electron chi connectivity index (χ1n) is 9.06. The number of hydrogen-bond acceptors (Lipinski definition) is 6. The highest BCUT2D eigenvalue weighted by Crippen LogP contribution is 2.36. The van der Waals surface area contributed by atoms with Gasteiger partial charge in [0, 0.05) is 37.1 Å². The van der Waals surface area contributed by atoms with E-state index < -0.39 is 0 Å². The molecule has 1 saturated heterocycles. The fraction of sp³-hybridized carbons (Fsp3) is 0.400. The zero-order valence-electron chi connectivity index (χ0n) is 15.3. The van der Waals surface area contributed by atoms with Crippen molar-refractivity contribution in [2.24, 2.45) is 0 Å². The standard InChI is InChI=1S/C20H24N4OS/c1-14-3-4-16(11-15(14)2)17-12-26-20-18(17)19(22-13-23-20)21-5-6-24-7-9-25-10-8-24/h3-4,11-13H,5-10H2,1-2H3,(H,21,22,23). The zero-order chi connectivity index (χ0) is 17.9. The summed E-state index contributed by atoms with van der Waals surface area (Å²) in [6.45, 7) is 9.85. The Labute approximate surface area is 158 Å². The van der Waals surface area contributed by atoms with Crippen molar-refractivity contribution in [3.05, 3.63) is 41.0 Å². The minimum absolute atomic E-state index is 0.833. The van der Waals surface area contributed by atoms with Gasteiger partial charge in [0.05, 0.1) is 18.6 Å². The molecule has 136 valence electrons. The third-order valence-electron chi connectivity index (χ3n) is 5.01. The van der Waals surface area contributed by atoms with E-state index in [-0.39, 0.29) is 0 Å². The number of aromatic nitrogens is 2. The quantitative estimate of drug-likeness (QED) is 0.744. The van der Waals surface area contributed by atoms with Gasteiger partial charge in [0.1, 0.15) is 17.0 Å². The van der Waals surface area contributed by atoms with Gasteiger partial charge in [-0.25, -0.2) is 9.97 Å². The molecule has 0 spiro atoms. The predicted molar refractivity (Wildman–Crippen MR) is 108 cm³/mol. The van der Waals surface area contributed by atoms with E-state index in [1.807, 2.05) is 0 Å². The molecular formula is C20H24N4OS. The fourth-order valence-corrected chi connectivity index (χ4v) is 4.20. The van der Waals surface area contributed by atoms with Gasteiger partial charge in [-0.05, 0) is 30.5 Å². The number of morpholine rings is 1. The Bertz CT molecular complexity index is 902. The molecule has 0 saturated carbocycles. The van der Waals surface area contributed by atoms with Crippen LogP contribution in [-0.4, -0.2) is 54.3 Å². The van der Waals surface area contributed by atoms with Crippen LogP contribution in [0.4, 0.5) is 5.82 Å². The lowest BCUT2D eigenvalue weighted by atomic mass is 10.0. The monoisotopic (exact) mass is 368 g/mol. The van der Waals surface area contributed by atoms with Crippen LogP contribution in [0, 0.1) is 13.8 Å². The van der Waals surface area contributed by atoms with E-state index in [2.05, 4.69) is 57.6 Å². The molecule has 26 heavy (non-hydrogen) atoms. The number of thiophene rings is 1. The summed E-state index contributed by atoms with van der Waals surface area (Å²) < 4.78 is 5.41. The maximum absolute atomic E-state index is 5.41. The van der Waals surface area contributed by atoms with Gasteiger partial charge in [-0.1, -0.05) is 18.2 Å². The summed E-state index contributed by atoms with van der Waals surface area (Å²) >= 11 is 1.68. The number of benzene rings is 1. The number of ether oxygens (including phenoxy) is 1. The largest absolute Gasteiger partial charge is 0.379 e. The van der Waals surface area contributed by atoms with E-state index in [0.29, 0.717) is 0 Å². The Morgan fingerprint density at radius 1 is 1.15 bits per heavy atom. The van der Waals surface area contributed by atoms with E-state index >= 15 is 0 Å². The summed E-state index contributed by atoms with van der Waals surface area (Å²) in [5.74, 6) is 0.928. The second-order valence-corrected chi connectivity index (χ2v) is 7.59. The van der Waals surface area contributed by atoms with Crippen molar-refractivity contribution in [3.8, 4) is 11.1 Å². The average Bonchev–Trinajstić information content (AvgIpc) is 3.10. The molecule has 5 nitrogen and oxygen atoms in total. The molecule has 0 atom stereocenters. The van der Waals surface area contributed by atoms with Crippen LogP contribution < -0.4 is 5.32 Å². The third-order valence-corrected chi connectivity index (χ3v) is 5.90. The summed E-state index contributed by atoms with van der Waals surface area (Å²) in [6, 6.07) is 6.62. The van der Waals surface area contributed by atoms with Gasteiger partial charge in [-0.2, -0.15) is 0 Å². The third kappa shape index (κ3) is 3.58. The maximum atomic E-state index is 5.41. The highest BCUT2D eigenvalue weighted by Gasteiger charge is 2.14. The van der Waals surface area contributed by atoms with Crippen molar-refractivity contribution in [1.82, 2.24) is 14.9 Å². The van der Waals surface area contributed by atoms with Crippen LogP contribution >= 0.6 is 11.3 Å². The Morgan fingerprint density at radius 3 is 2.81 bits per heavy atom. The summed E-state index contributed by atoms with van der Waals surface area (Å²) in [6.07, 6.45) is 1.65. The van der Waals surface area contributed by atoms with Crippen LogP contribution in [0.1, 0.15) is 11.1 Å². The molecule has 0 radical (unpaired) electrons. The molecule has 1 N–H and O–H groups in total. The van der Waals surface area contributed by atoms with Gasteiger partial charge < -0.3 is 10.1 Å². The molecule has 3 aromatic rings. The summed E-state index contributed by atoms with van der Waals surface area (Å²) in [5, 5.41) is 6.85. The minimum Gasteiger partial charge on any atom is -0.379 e. The first-order valence-corrected chi connectivity index (χ1v) is 9.94. The van der Waals surface area contributed by atoms with Crippen LogP contribution in [0.15, 0.2) is 29.9 Å². The second-order valence-electron chi connectivity index (χ2n) is 6.73. The number of nitrogens with one attached hydrogen (secondary N) is 1. The van der Waals surface area contributed by atoms with E-state index in [4.69, 9.17) is 4.74 Å². The van der Waals surface area contributed by atoms with E-state index in [1.165, 1.54) is 22.3 Å².